The van der Waals surface area contributed by atoms with Gasteiger partial charge in [0, 0.05) is 0 Å². The average Bonchev–Trinajstić information content (AvgIpc) is 1.92. The lowest BCUT2D eigenvalue weighted by atomic mass is 11.8. The summed E-state index contributed by atoms with van der Waals surface area (Å²) in [6.07, 6.45) is -3.23. The molecular formula is C6H18Cl7NSi5. The number of hydrogen-bond donors (Lipinski definition) is 0. The van der Waals surface area contributed by atoms with Crippen LogP contribution in [0.5, 0.6) is 0 Å². The Hall–Kier alpha value is 3.07. The van der Waals surface area contributed by atoms with E-state index in [1.165, 1.54) is 0 Å². The number of halogens is 7. The molecule has 0 rings (SSSR count). The zero-order chi connectivity index (χ0) is 16.1. The van der Waals surface area contributed by atoms with Gasteiger partial charge < -0.3 is 3.90 Å². The van der Waals surface area contributed by atoms with Crippen molar-refractivity contribution < 1.29 is 0 Å². The zero-order valence-corrected chi connectivity index (χ0v) is 21.9. The van der Waals surface area contributed by atoms with Crippen LogP contribution < -0.4 is 0 Å². The molecule has 13 heteroatoms. The fourth-order valence-corrected chi connectivity index (χ4v) is 74.3. The molecule has 0 aliphatic heterocycles. The smallest absolute Gasteiger partial charge is 0.345 e. The Bertz CT molecular complexity index is 316. The minimum Gasteiger partial charge on any atom is -0.345 e. The Labute approximate surface area is 153 Å². The lowest BCUT2D eigenvalue weighted by Crippen LogP contribution is -2.78. The maximum atomic E-state index is 6.73. The second kappa shape index (κ2) is 6.53. The first-order chi connectivity index (χ1) is 7.87. The predicted molar refractivity (Wildman–Crippen MR) is 107 cm³/mol. The highest BCUT2D eigenvalue weighted by Crippen LogP contribution is 2.50. The van der Waals surface area contributed by atoms with Crippen LogP contribution in [0.4, 0.5) is 0 Å². The number of rotatable bonds is 5. The minimum absolute atomic E-state index is 1.84. The molecular weight excluding hydrogens is 475 g/mol. The normalized spacial score (nSPS) is 16.1. The molecule has 0 spiro atoms. The van der Waals surface area contributed by atoms with Crippen LogP contribution in [0.2, 0.25) is 39.3 Å². The molecule has 0 aliphatic rings. The van der Waals surface area contributed by atoms with Gasteiger partial charge in [-0.25, -0.2) is 0 Å². The molecule has 0 radical (unpaired) electrons. The van der Waals surface area contributed by atoms with E-state index in [2.05, 4.69) is 43.2 Å². The van der Waals surface area contributed by atoms with Crippen molar-refractivity contribution >= 4 is 112 Å². The molecule has 0 atom stereocenters. The molecule has 0 N–H and O–H groups in total. The molecule has 0 unspecified atom stereocenters. The van der Waals surface area contributed by atoms with Crippen molar-refractivity contribution in [3.63, 3.8) is 0 Å². The molecule has 0 aromatic rings. The summed E-state index contributed by atoms with van der Waals surface area (Å²) >= 11 is 44.7. The van der Waals surface area contributed by atoms with Crippen LogP contribution >= 0.6 is 77.6 Å². The van der Waals surface area contributed by atoms with Crippen LogP contribution in [0.15, 0.2) is 0 Å². The van der Waals surface area contributed by atoms with Gasteiger partial charge in [0.05, 0.1) is 0 Å². The summed E-state index contributed by atoms with van der Waals surface area (Å²) in [6.45, 7) is 13.0. The van der Waals surface area contributed by atoms with Gasteiger partial charge in [-0.3, -0.25) is 0 Å². The Morgan fingerprint density at radius 1 is 0.579 bits per heavy atom. The van der Waals surface area contributed by atoms with Crippen molar-refractivity contribution in [2.75, 3.05) is 0 Å². The third-order valence-electron chi connectivity index (χ3n) is 2.36. The van der Waals surface area contributed by atoms with Crippen molar-refractivity contribution in [1.82, 2.24) is 3.90 Å². The molecule has 1 nitrogen and oxygen atoms in total. The summed E-state index contributed by atoms with van der Waals surface area (Å²) in [7, 11) is -3.68. The fraction of sp³-hybridized carbons (Fsp3) is 1.00. The second-order valence-corrected chi connectivity index (χ2v) is 54.6. The first-order valence-corrected chi connectivity index (χ1v) is 27.4. The van der Waals surface area contributed by atoms with Crippen molar-refractivity contribution in [2.24, 2.45) is 0 Å². The Morgan fingerprint density at radius 3 is 1.00 bits per heavy atom. The van der Waals surface area contributed by atoms with Gasteiger partial charge in [0.15, 0.2) is 0 Å². The van der Waals surface area contributed by atoms with Gasteiger partial charge in [-0.15, -0.1) is 77.6 Å². The SMILES string of the molecule is C[Si](C)(C)N([Si](C)(C)C)[Si](Cl)(Cl)[Si](Cl)(Cl)[Si](Cl)(Cl)Cl. The van der Waals surface area contributed by atoms with E-state index in [9.17, 15) is 0 Å². The van der Waals surface area contributed by atoms with E-state index in [1.807, 2.05) is 0 Å². The van der Waals surface area contributed by atoms with Gasteiger partial charge in [0.1, 0.15) is 16.5 Å². The van der Waals surface area contributed by atoms with Crippen LogP contribution in [0.3, 0.4) is 0 Å². The van der Waals surface area contributed by atoms with E-state index in [1.54, 1.807) is 0 Å². The Kier molecular flexibility index (Phi) is 7.58. The highest BCUT2D eigenvalue weighted by molar-refractivity contribution is 8.20. The first-order valence-electron chi connectivity index (χ1n) is 5.49. The average molecular weight is 493 g/mol. The van der Waals surface area contributed by atoms with E-state index in [-0.39, 0.29) is 0 Å². The maximum Gasteiger partial charge on any atom is 0.360 e. The summed E-state index contributed by atoms with van der Waals surface area (Å²) in [5.41, 5.74) is -6.72. The van der Waals surface area contributed by atoms with E-state index in [0.29, 0.717) is 0 Å². The molecule has 0 saturated heterocycles. The maximum absolute atomic E-state index is 6.73. The zero-order valence-electron chi connectivity index (χ0n) is 11.6. The van der Waals surface area contributed by atoms with Crippen molar-refractivity contribution in [2.45, 2.75) is 39.3 Å². The van der Waals surface area contributed by atoms with Crippen LogP contribution in [0.25, 0.3) is 0 Å². The fourth-order valence-electron chi connectivity index (χ4n) is 2.16. The Balaban J connectivity index is 5.97. The predicted octanol–water partition coefficient (Wildman–Crippen LogP) is 6.11. The van der Waals surface area contributed by atoms with Crippen LogP contribution in [-0.2, 0) is 0 Å². The summed E-state index contributed by atoms with van der Waals surface area (Å²) in [6, 6.07) is 0. The third kappa shape index (κ3) is 5.02. The molecule has 0 fully saturated rings. The van der Waals surface area contributed by atoms with Gasteiger partial charge in [-0.1, -0.05) is 39.3 Å². The minimum atomic E-state index is -3.37. The first kappa shape index (κ1) is 22.1. The molecule has 0 heterocycles. The molecule has 19 heavy (non-hydrogen) atoms. The van der Waals surface area contributed by atoms with Crippen molar-refractivity contribution in [1.29, 1.82) is 0 Å². The van der Waals surface area contributed by atoms with Crippen LogP contribution in [-0.4, -0.2) is 38.0 Å². The lowest BCUT2D eigenvalue weighted by Gasteiger charge is -2.52. The van der Waals surface area contributed by atoms with Gasteiger partial charge >= 0.3 is 17.6 Å². The lowest BCUT2D eigenvalue weighted by molar-refractivity contribution is 0.952. The summed E-state index contributed by atoms with van der Waals surface area (Å²) in [4.78, 5) is 0. The largest absolute Gasteiger partial charge is 0.360 e. The highest BCUT2D eigenvalue weighted by Gasteiger charge is 2.72. The molecule has 0 aromatic heterocycles. The molecule has 0 aliphatic carbocycles. The third-order valence-corrected chi connectivity index (χ3v) is 71.5. The van der Waals surface area contributed by atoms with Gasteiger partial charge in [-0.2, -0.15) is 0 Å². The number of nitrogens with zero attached hydrogens (tertiary/aromatic N) is 1. The van der Waals surface area contributed by atoms with Crippen molar-refractivity contribution in [3.8, 4) is 0 Å². The molecule has 0 amide bonds. The molecule has 116 valence electrons. The highest BCUT2D eigenvalue weighted by atomic mass is 35.9. The van der Waals surface area contributed by atoms with Gasteiger partial charge in [0.2, 0.25) is 0 Å². The molecule has 0 aromatic carbocycles. The van der Waals surface area contributed by atoms with Gasteiger partial charge in [-0.05, 0) is 0 Å². The Morgan fingerprint density at radius 2 is 0.842 bits per heavy atom. The molecule has 0 saturated carbocycles. The molecule has 0 bridgehead atoms. The van der Waals surface area contributed by atoms with Gasteiger partial charge in [0.25, 0.3) is 0 Å². The quantitative estimate of drug-likeness (QED) is 0.331. The van der Waals surface area contributed by atoms with Crippen LogP contribution in [0.1, 0.15) is 0 Å². The summed E-state index contributed by atoms with van der Waals surface area (Å²) in [5, 5.41) is 0. The van der Waals surface area contributed by atoms with E-state index >= 15 is 0 Å². The van der Waals surface area contributed by atoms with E-state index in [4.69, 9.17) is 77.6 Å². The number of hydrogen-bond acceptors (Lipinski definition) is 1. The summed E-state index contributed by atoms with van der Waals surface area (Å²) < 4.78 is 2.22. The standard InChI is InChI=1S/C6H18Cl7NSi5/c1-15(2,3)14(16(4,5)6)18(10,11)19(12,13)17(7,8)9/h1-6H3. The van der Waals surface area contributed by atoms with Crippen LogP contribution in [0, 0.1) is 0 Å². The second-order valence-electron chi connectivity index (χ2n) is 6.29. The van der Waals surface area contributed by atoms with E-state index in [0.717, 1.165) is 0 Å². The van der Waals surface area contributed by atoms with E-state index < -0.39 is 34.1 Å². The topological polar surface area (TPSA) is 3.24 Å². The van der Waals surface area contributed by atoms with Crippen molar-refractivity contribution in [3.05, 3.63) is 0 Å². The monoisotopic (exact) mass is 489 g/mol. The summed E-state index contributed by atoms with van der Waals surface area (Å²) in [5.74, 6) is 0.